The van der Waals surface area contributed by atoms with Crippen LogP contribution in [0.15, 0.2) is 61.2 Å². The average molecular weight is 534 g/mol. The van der Waals surface area contributed by atoms with Crippen LogP contribution in [0.25, 0.3) is 0 Å². The van der Waals surface area contributed by atoms with E-state index in [4.69, 9.17) is 37.4 Å². The van der Waals surface area contributed by atoms with E-state index in [1.54, 1.807) is 24.7 Å². The maximum absolute atomic E-state index is 11.4. The molecule has 0 unspecified atom stereocenters. The van der Waals surface area contributed by atoms with Crippen molar-refractivity contribution < 1.29 is 19.0 Å². The molecule has 192 valence electrons. The molecule has 36 heavy (non-hydrogen) atoms. The van der Waals surface area contributed by atoms with Gasteiger partial charge < -0.3 is 34.7 Å². The molecule has 2 heterocycles. The first kappa shape index (κ1) is 26.1. The number of benzene rings is 2. The van der Waals surface area contributed by atoms with Gasteiger partial charge in [0.1, 0.15) is 18.5 Å². The van der Waals surface area contributed by atoms with Crippen LogP contribution in [0.1, 0.15) is 12.5 Å². The zero-order valence-corrected chi connectivity index (χ0v) is 21.4. The van der Waals surface area contributed by atoms with Crippen LogP contribution in [-0.2, 0) is 21.8 Å². The highest BCUT2D eigenvalue weighted by molar-refractivity contribution is 6.35. The number of carbonyl (C=O) groups excluding carboxylic acids is 1. The number of hydrogen-bond acceptors (Lipinski definition) is 6. The third kappa shape index (κ3) is 6.82. The van der Waals surface area contributed by atoms with E-state index < -0.39 is 5.79 Å². The Hall–Kier alpha value is -2.98. The second-order valence-electron chi connectivity index (χ2n) is 8.21. The van der Waals surface area contributed by atoms with Crippen LogP contribution in [0.2, 0.25) is 10.0 Å². The third-order valence-corrected chi connectivity index (χ3v) is 6.07. The fraction of sp³-hybridized carbons (Fsp3) is 0.360. The van der Waals surface area contributed by atoms with Gasteiger partial charge in [0.2, 0.25) is 5.79 Å². The largest absolute Gasteiger partial charge is 0.491 e. The lowest BCUT2D eigenvalue weighted by atomic mass is 10.1. The molecule has 4 rings (SSSR count). The summed E-state index contributed by atoms with van der Waals surface area (Å²) in [5, 5.41) is 9.72. The molecule has 0 spiro atoms. The van der Waals surface area contributed by atoms with Crippen molar-refractivity contribution in [1.82, 2.24) is 20.2 Å². The Morgan fingerprint density at radius 3 is 2.75 bits per heavy atom. The van der Waals surface area contributed by atoms with Crippen molar-refractivity contribution in [1.29, 1.82) is 0 Å². The first-order valence-corrected chi connectivity index (χ1v) is 12.4. The van der Waals surface area contributed by atoms with Crippen LogP contribution < -0.4 is 20.7 Å². The van der Waals surface area contributed by atoms with Gasteiger partial charge in [0.05, 0.1) is 24.5 Å². The summed E-state index contributed by atoms with van der Waals surface area (Å²) in [6.07, 6.45) is 4.94. The Bertz CT molecular complexity index is 1130. The number of amides is 2. The monoisotopic (exact) mass is 533 g/mol. The van der Waals surface area contributed by atoms with Gasteiger partial charge in [0.25, 0.3) is 0 Å². The number of hydrogen-bond donors (Lipinski definition) is 3. The number of nitrogens with zero attached hydrogens (tertiary/aromatic N) is 2. The highest BCUT2D eigenvalue weighted by atomic mass is 35.5. The van der Waals surface area contributed by atoms with Crippen molar-refractivity contribution in [2.45, 2.75) is 25.4 Å². The van der Waals surface area contributed by atoms with E-state index in [-0.39, 0.29) is 12.1 Å². The molecule has 1 fully saturated rings. The SMILES string of the molecule is CCNC(=O)NCCNc1ccc(OC[C@H]2CO[C@](Cn3ccnc3)(c3ccc(Cl)cc3Cl)O2)cc1. The molecule has 1 saturated heterocycles. The van der Waals surface area contributed by atoms with Gasteiger partial charge in [-0.05, 0) is 43.3 Å². The Labute approximate surface area is 220 Å². The van der Waals surface area contributed by atoms with Gasteiger partial charge in [0, 0.05) is 48.3 Å². The summed E-state index contributed by atoms with van der Waals surface area (Å²) < 4.78 is 20.5. The van der Waals surface area contributed by atoms with Crippen LogP contribution in [0.3, 0.4) is 0 Å². The summed E-state index contributed by atoms with van der Waals surface area (Å²) >= 11 is 12.6. The molecule has 3 aromatic rings. The molecular weight excluding hydrogens is 505 g/mol. The first-order valence-electron chi connectivity index (χ1n) is 11.7. The van der Waals surface area contributed by atoms with Crippen molar-refractivity contribution in [3.63, 3.8) is 0 Å². The second-order valence-corrected chi connectivity index (χ2v) is 9.05. The Morgan fingerprint density at radius 1 is 1.19 bits per heavy atom. The van der Waals surface area contributed by atoms with Crippen LogP contribution in [0.5, 0.6) is 5.75 Å². The van der Waals surface area contributed by atoms with E-state index in [0.717, 1.165) is 5.69 Å². The average Bonchev–Trinajstić information content (AvgIpc) is 3.52. The number of ether oxygens (including phenoxy) is 3. The van der Waals surface area contributed by atoms with Crippen molar-refractivity contribution in [3.8, 4) is 5.75 Å². The standard InChI is InChI=1S/C25H29Cl2N5O4/c1-2-29-24(33)31-10-9-30-19-4-6-20(7-5-19)34-14-21-15-35-25(36-21,16-32-12-11-28-17-32)22-8-3-18(26)13-23(22)27/h3-8,11-13,17,21,30H,2,9-10,14-16H2,1H3,(H2,29,31,33)/t21-,25-/m0/s1. The van der Waals surface area contributed by atoms with Crippen molar-refractivity contribution in [2.24, 2.45) is 0 Å². The summed E-state index contributed by atoms with van der Waals surface area (Å²) in [4.78, 5) is 15.5. The molecule has 0 aliphatic carbocycles. The number of carbonyl (C=O) groups is 1. The zero-order chi connectivity index (χ0) is 25.4. The van der Waals surface area contributed by atoms with Crippen LogP contribution in [-0.4, -0.2) is 54.5 Å². The van der Waals surface area contributed by atoms with Gasteiger partial charge in [-0.15, -0.1) is 0 Å². The van der Waals surface area contributed by atoms with Crippen LogP contribution in [0.4, 0.5) is 10.5 Å². The molecule has 11 heteroatoms. The molecule has 9 nitrogen and oxygen atoms in total. The van der Waals surface area contributed by atoms with Gasteiger partial charge in [-0.1, -0.05) is 29.3 Å². The number of aromatic nitrogens is 2. The van der Waals surface area contributed by atoms with Crippen molar-refractivity contribution >= 4 is 34.9 Å². The van der Waals surface area contributed by atoms with Gasteiger partial charge >= 0.3 is 6.03 Å². The van der Waals surface area contributed by atoms with Crippen LogP contribution in [0, 0.1) is 0 Å². The number of halogens is 2. The topological polar surface area (TPSA) is 98.7 Å². The number of imidazole rings is 1. The van der Waals surface area contributed by atoms with Crippen LogP contribution >= 0.6 is 23.2 Å². The van der Waals surface area contributed by atoms with E-state index in [9.17, 15) is 4.79 Å². The number of nitrogens with one attached hydrogen (secondary N) is 3. The lowest BCUT2D eigenvalue weighted by molar-refractivity contribution is -0.189. The molecule has 2 aromatic carbocycles. The molecule has 0 bridgehead atoms. The Balaban J connectivity index is 1.32. The predicted octanol–water partition coefficient (Wildman–Crippen LogP) is 4.27. The third-order valence-electron chi connectivity index (χ3n) is 5.52. The predicted molar refractivity (Wildman–Crippen MR) is 139 cm³/mol. The summed E-state index contributed by atoms with van der Waals surface area (Å²) in [6, 6.07) is 12.7. The molecule has 1 aliphatic heterocycles. The molecule has 0 radical (unpaired) electrons. The van der Waals surface area contributed by atoms with Gasteiger partial charge in [-0.25, -0.2) is 9.78 Å². The van der Waals surface area contributed by atoms with E-state index >= 15 is 0 Å². The van der Waals surface area contributed by atoms with Crippen molar-refractivity contribution in [2.75, 3.05) is 38.2 Å². The number of urea groups is 1. The smallest absolute Gasteiger partial charge is 0.314 e. The van der Waals surface area contributed by atoms with E-state index in [0.29, 0.717) is 60.8 Å². The summed E-state index contributed by atoms with van der Waals surface area (Å²) in [5.41, 5.74) is 1.62. The number of rotatable bonds is 11. The summed E-state index contributed by atoms with van der Waals surface area (Å²) in [5.74, 6) is -0.382. The van der Waals surface area contributed by atoms with E-state index in [1.807, 2.05) is 48.0 Å². The molecule has 2 atom stereocenters. The number of anilines is 1. The van der Waals surface area contributed by atoms with Gasteiger partial charge in [0.15, 0.2) is 0 Å². The van der Waals surface area contributed by atoms with Gasteiger partial charge in [-0.2, -0.15) is 0 Å². The quantitative estimate of drug-likeness (QED) is 0.318. The molecule has 2 amide bonds. The highest BCUT2D eigenvalue weighted by Crippen LogP contribution is 2.40. The molecule has 3 N–H and O–H groups in total. The minimum absolute atomic E-state index is 0.173. The summed E-state index contributed by atoms with van der Waals surface area (Å²) in [7, 11) is 0. The lowest BCUT2D eigenvalue weighted by Crippen LogP contribution is -2.37. The summed E-state index contributed by atoms with van der Waals surface area (Å²) in [6.45, 7) is 4.62. The van der Waals surface area contributed by atoms with E-state index in [1.165, 1.54) is 0 Å². The normalized spacial score (nSPS) is 19.1. The molecule has 1 aliphatic rings. The highest BCUT2D eigenvalue weighted by Gasteiger charge is 2.45. The maximum Gasteiger partial charge on any atom is 0.314 e. The Morgan fingerprint density at radius 2 is 2.03 bits per heavy atom. The van der Waals surface area contributed by atoms with Crippen molar-refractivity contribution in [3.05, 3.63) is 76.8 Å². The second kappa shape index (κ2) is 12.3. The fourth-order valence-corrected chi connectivity index (χ4v) is 4.39. The first-order chi connectivity index (χ1) is 17.5. The Kier molecular flexibility index (Phi) is 8.93. The minimum Gasteiger partial charge on any atom is -0.491 e. The van der Waals surface area contributed by atoms with E-state index in [2.05, 4.69) is 20.9 Å². The molecule has 0 saturated carbocycles. The van der Waals surface area contributed by atoms with Gasteiger partial charge in [-0.3, -0.25) is 0 Å². The molecule has 1 aromatic heterocycles. The minimum atomic E-state index is -1.09. The molecular formula is C25H29Cl2N5O4. The lowest BCUT2D eigenvalue weighted by Gasteiger charge is -2.30. The fourth-order valence-electron chi connectivity index (χ4n) is 3.84. The zero-order valence-electron chi connectivity index (χ0n) is 19.9. The maximum atomic E-state index is 11.4.